The number of Topliss-reactive ketones (excluding diaryl/α,β-unsaturated/α-hetero) is 1. The lowest BCUT2D eigenvalue weighted by molar-refractivity contribution is 0.0479. The number of carbonyl (C=O) groups is 3. The van der Waals surface area contributed by atoms with Crippen molar-refractivity contribution >= 4 is 29.1 Å². The minimum Gasteiger partial charge on any atom is -0.465 e. The highest BCUT2D eigenvalue weighted by Crippen LogP contribution is 2.33. The second kappa shape index (κ2) is 8.88. The SMILES string of the molecule is COC(=O)c1ccc(C(=O)OCC(=O)c2cc(C)n(Cc3ccc4c(c3)OCO4)c2C)s1. The van der Waals surface area contributed by atoms with Crippen LogP contribution in [-0.2, 0) is 16.0 Å². The Labute approximate surface area is 188 Å². The second-order valence-corrected chi connectivity index (χ2v) is 8.30. The lowest BCUT2D eigenvalue weighted by Crippen LogP contribution is -2.14. The van der Waals surface area contributed by atoms with Gasteiger partial charge in [0.1, 0.15) is 9.75 Å². The Kier molecular flexibility index (Phi) is 6.00. The van der Waals surface area contributed by atoms with Gasteiger partial charge in [-0.2, -0.15) is 0 Å². The van der Waals surface area contributed by atoms with E-state index < -0.39 is 18.5 Å². The van der Waals surface area contributed by atoms with E-state index in [0.717, 1.165) is 34.0 Å². The summed E-state index contributed by atoms with van der Waals surface area (Å²) in [4.78, 5) is 37.0. The number of methoxy groups -OCH3 is 1. The number of esters is 2. The van der Waals surface area contributed by atoms with Crippen molar-refractivity contribution in [2.24, 2.45) is 0 Å². The molecule has 0 unspecified atom stereocenters. The van der Waals surface area contributed by atoms with Gasteiger partial charge in [-0.05, 0) is 49.7 Å². The van der Waals surface area contributed by atoms with Crippen LogP contribution in [0.1, 0.15) is 46.7 Å². The van der Waals surface area contributed by atoms with Crippen LogP contribution in [0.3, 0.4) is 0 Å². The molecule has 2 aromatic heterocycles. The van der Waals surface area contributed by atoms with Gasteiger partial charge < -0.3 is 23.5 Å². The molecule has 0 fully saturated rings. The Morgan fingerprint density at radius 3 is 2.47 bits per heavy atom. The fraction of sp³-hybridized carbons (Fsp3) is 0.261. The Hall–Kier alpha value is -3.59. The van der Waals surface area contributed by atoms with Crippen molar-refractivity contribution in [2.75, 3.05) is 20.5 Å². The Morgan fingerprint density at radius 1 is 1.00 bits per heavy atom. The molecule has 0 spiro atoms. The topological polar surface area (TPSA) is 93.1 Å². The van der Waals surface area contributed by atoms with Crippen molar-refractivity contribution in [2.45, 2.75) is 20.4 Å². The van der Waals surface area contributed by atoms with E-state index in [1.807, 2.05) is 36.6 Å². The fourth-order valence-electron chi connectivity index (χ4n) is 3.49. The number of ether oxygens (including phenoxy) is 4. The lowest BCUT2D eigenvalue weighted by atomic mass is 10.1. The van der Waals surface area contributed by atoms with Gasteiger partial charge in [-0.15, -0.1) is 11.3 Å². The molecule has 0 aliphatic carbocycles. The van der Waals surface area contributed by atoms with E-state index in [4.69, 9.17) is 14.2 Å². The predicted molar refractivity (Wildman–Crippen MR) is 116 cm³/mol. The first kappa shape index (κ1) is 21.6. The van der Waals surface area contributed by atoms with Gasteiger partial charge in [0.25, 0.3) is 0 Å². The molecule has 0 atom stereocenters. The molecule has 0 radical (unpaired) electrons. The molecule has 1 aliphatic heterocycles. The van der Waals surface area contributed by atoms with E-state index in [9.17, 15) is 14.4 Å². The van der Waals surface area contributed by atoms with Gasteiger partial charge in [-0.3, -0.25) is 4.79 Å². The number of fused-ring (bicyclic) bond motifs is 1. The molecular formula is C23H21NO7S. The molecule has 0 saturated heterocycles. The molecule has 166 valence electrons. The maximum atomic E-state index is 12.7. The molecule has 0 amide bonds. The fourth-order valence-corrected chi connectivity index (χ4v) is 4.30. The third-order valence-corrected chi connectivity index (χ3v) is 6.23. The van der Waals surface area contributed by atoms with Gasteiger partial charge in [-0.25, -0.2) is 9.59 Å². The summed E-state index contributed by atoms with van der Waals surface area (Å²) in [5.74, 6) is -0.0604. The Bertz CT molecular complexity index is 1210. The van der Waals surface area contributed by atoms with Crippen LogP contribution in [0.5, 0.6) is 11.5 Å². The van der Waals surface area contributed by atoms with Crippen LogP contribution in [0.2, 0.25) is 0 Å². The Morgan fingerprint density at radius 2 is 1.72 bits per heavy atom. The van der Waals surface area contributed by atoms with Crippen LogP contribution in [0, 0.1) is 13.8 Å². The first-order chi connectivity index (χ1) is 15.4. The molecule has 0 saturated carbocycles. The van der Waals surface area contributed by atoms with Gasteiger partial charge in [0, 0.05) is 23.5 Å². The monoisotopic (exact) mass is 455 g/mol. The molecule has 4 rings (SSSR count). The number of hydrogen-bond acceptors (Lipinski definition) is 8. The molecular weight excluding hydrogens is 434 g/mol. The number of aryl methyl sites for hydroxylation is 1. The van der Waals surface area contributed by atoms with E-state index in [1.165, 1.54) is 19.2 Å². The van der Waals surface area contributed by atoms with E-state index in [0.29, 0.717) is 17.9 Å². The van der Waals surface area contributed by atoms with Crippen molar-refractivity contribution in [3.63, 3.8) is 0 Å². The number of benzene rings is 1. The largest absolute Gasteiger partial charge is 0.465 e. The van der Waals surface area contributed by atoms with Crippen LogP contribution in [0.4, 0.5) is 0 Å². The molecule has 1 aliphatic rings. The van der Waals surface area contributed by atoms with E-state index in [2.05, 4.69) is 4.74 Å². The summed E-state index contributed by atoms with van der Waals surface area (Å²) >= 11 is 0.957. The standard InChI is InChI=1S/C23H21NO7S/c1-13-8-16(14(2)24(13)10-15-4-5-18-19(9-15)31-12-30-18)17(25)11-29-23(27)21-7-6-20(32-21)22(26)28-3/h4-9H,10-12H2,1-3H3. The quantitative estimate of drug-likeness (QED) is 0.395. The first-order valence-corrected chi connectivity index (χ1v) is 10.6. The zero-order chi connectivity index (χ0) is 22.8. The van der Waals surface area contributed by atoms with Gasteiger partial charge in [0.2, 0.25) is 12.6 Å². The molecule has 0 N–H and O–H groups in total. The number of ketones is 1. The first-order valence-electron chi connectivity index (χ1n) is 9.81. The third kappa shape index (κ3) is 4.24. The van der Waals surface area contributed by atoms with Crippen LogP contribution in [0.15, 0.2) is 36.4 Å². The highest BCUT2D eigenvalue weighted by Gasteiger charge is 2.20. The summed E-state index contributed by atoms with van der Waals surface area (Å²) in [6.07, 6.45) is 0. The van der Waals surface area contributed by atoms with Crippen LogP contribution >= 0.6 is 11.3 Å². The maximum Gasteiger partial charge on any atom is 0.348 e. The molecule has 32 heavy (non-hydrogen) atoms. The van der Waals surface area contributed by atoms with Crippen LogP contribution < -0.4 is 9.47 Å². The number of rotatable bonds is 7. The van der Waals surface area contributed by atoms with Crippen molar-refractivity contribution in [1.29, 1.82) is 0 Å². The van der Waals surface area contributed by atoms with E-state index in [-0.39, 0.29) is 22.3 Å². The van der Waals surface area contributed by atoms with Gasteiger partial charge in [0.15, 0.2) is 18.1 Å². The second-order valence-electron chi connectivity index (χ2n) is 7.21. The van der Waals surface area contributed by atoms with E-state index >= 15 is 0 Å². The van der Waals surface area contributed by atoms with Gasteiger partial charge >= 0.3 is 11.9 Å². The number of hydrogen-bond donors (Lipinski definition) is 0. The van der Waals surface area contributed by atoms with Crippen molar-refractivity contribution in [1.82, 2.24) is 4.57 Å². The highest BCUT2D eigenvalue weighted by molar-refractivity contribution is 7.15. The van der Waals surface area contributed by atoms with Gasteiger partial charge in [0.05, 0.1) is 7.11 Å². The Balaban J connectivity index is 1.42. The summed E-state index contributed by atoms with van der Waals surface area (Å²) in [6.45, 7) is 4.17. The normalized spacial score (nSPS) is 12.0. The zero-order valence-corrected chi connectivity index (χ0v) is 18.6. The molecule has 8 nitrogen and oxygen atoms in total. The molecule has 9 heteroatoms. The minimum absolute atomic E-state index is 0.215. The molecule has 3 heterocycles. The summed E-state index contributed by atoms with van der Waals surface area (Å²) < 4.78 is 22.6. The average Bonchev–Trinajstić information content (AvgIpc) is 3.52. The zero-order valence-electron chi connectivity index (χ0n) is 17.8. The predicted octanol–water partition coefficient (Wildman–Crippen LogP) is 3.77. The summed E-state index contributed by atoms with van der Waals surface area (Å²) in [7, 11) is 1.27. The smallest absolute Gasteiger partial charge is 0.348 e. The highest BCUT2D eigenvalue weighted by atomic mass is 32.1. The molecule has 3 aromatic rings. The number of aromatic nitrogens is 1. The van der Waals surface area contributed by atoms with Crippen molar-refractivity contribution < 1.29 is 33.3 Å². The minimum atomic E-state index is -0.660. The van der Waals surface area contributed by atoms with Crippen LogP contribution in [-0.4, -0.2) is 42.8 Å². The lowest BCUT2D eigenvalue weighted by Gasteiger charge is -2.11. The molecule has 1 aromatic carbocycles. The van der Waals surface area contributed by atoms with Crippen molar-refractivity contribution in [3.05, 3.63) is 68.7 Å². The summed E-state index contributed by atoms with van der Waals surface area (Å²) in [5.41, 5.74) is 3.21. The number of carbonyl (C=O) groups excluding carboxylic acids is 3. The average molecular weight is 455 g/mol. The molecule has 0 bridgehead atoms. The number of thiophene rings is 1. The number of nitrogens with zero attached hydrogens (tertiary/aromatic N) is 1. The third-order valence-electron chi connectivity index (χ3n) is 5.18. The maximum absolute atomic E-state index is 12.7. The summed E-state index contributed by atoms with van der Waals surface area (Å²) in [5, 5.41) is 0. The summed E-state index contributed by atoms with van der Waals surface area (Å²) in [6, 6.07) is 10.5. The van der Waals surface area contributed by atoms with Crippen molar-refractivity contribution in [3.8, 4) is 11.5 Å². The van der Waals surface area contributed by atoms with E-state index in [1.54, 1.807) is 6.07 Å². The van der Waals surface area contributed by atoms with Gasteiger partial charge in [-0.1, -0.05) is 6.07 Å². The van der Waals surface area contributed by atoms with Crippen LogP contribution in [0.25, 0.3) is 0 Å².